The molecular weight excluding hydrogens is 238 g/mol. The Morgan fingerprint density at radius 3 is 2.47 bits per heavy atom. The quantitative estimate of drug-likeness (QED) is 0.763. The maximum atomic E-state index is 12.5. The van der Waals surface area contributed by atoms with Crippen molar-refractivity contribution in [1.29, 1.82) is 0 Å². The molecule has 1 aliphatic heterocycles. The van der Waals surface area contributed by atoms with E-state index in [0.29, 0.717) is 18.5 Å². The highest BCUT2D eigenvalue weighted by atomic mass is 16.2. The summed E-state index contributed by atoms with van der Waals surface area (Å²) >= 11 is 0. The van der Waals surface area contributed by atoms with E-state index in [-0.39, 0.29) is 11.8 Å². The molecule has 19 heavy (non-hydrogen) atoms. The third-order valence-corrected chi connectivity index (χ3v) is 4.19. The number of likely N-dealkylation sites (N-methyl/N-ethyl adjacent to an activating group) is 1. The zero-order valence-corrected chi connectivity index (χ0v) is 13.1. The van der Waals surface area contributed by atoms with Crippen LogP contribution in [0.3, 0.4) is 0 Å². The Morgan fingerprint density at radius 2 is 2.00 bits per heavy atom. The third-order valence-electron chi connectivity index (χ3n) is 4.19. The predicted octanol–water partition coefficient (Wildman–Crippen LogP) is 1.55. The number of likely N-dealkylation sites (tertiary alicyclic amines) is 1. The van der Waals surface area contributed by atoms with Crippen molar-refractivity contribution in [3.05, 3.63) is 0 Å². The second-order valence-corrected chi connectivity index (χ2v) is 6.01. The first kappa shape index (κ1) is 16.4. The first-order valence-corrected chi connectivity index (χ1v) is 7.76. The SMILES string of the molecule is CCN(CC)C1CCN(C(=O)C(CN)CC(C)C)C1. The van der Waals surface area contributed by atoms with Crippen molar-refractivity contribution in [3.63, 3.8) is 0 Å². The first-order chi connectivity index (χ1) is 9.03. The maximum absolute atomic E-state index is 12.5. The van der Waals surface area contributed by atoms with Crippen LogP contribution in [-0.2, 0) is 4.79 Å². The summed E-state index contributed by atoms with van der Waals surface area (Å²) in [5.41, 5.74) is 5.78. The van der Waals surface area contributed by atoms with Crippen LogP contribution in [0.5, 0.6) is 0 Å². The number of carbonyl (C=O) groups excluding carboxylic acids is 1. The first-order valence-electron chi connectivity index (χ1n) is 7.76. The summed E-state index contributed by atoms with van der Waals surface area (Å²) in [6.45, 7) is 13.1. The Bertz CT molecular complexity index is 277. The van der Waals surface area contributed by atoms with Gasteiger partial charge in [-0.05, 0) is 31.8 Å². The fraction of sp³-hybridized carbons (Fsp3) is 0.933. The standard InChI is InChI=1S/C15H31N3O/c1-5-17(6-2)14-7-8-18(11-14)15(19)13(10-16)9-12(3)4/h12-14H,5-11,16H2,1-4H3. The second-order valence-electron chi connectivity index (χ2n) is 6.01. The third kappa shape index (κ3) is 4.46. The summed E-state index contributed by atoms with van der Waals surface area (Å²) in [4.78, 5) is 17.0. The van der Waals surface area contributed by atoms with Crippen molar-refractivity contribution >= 4 is 5.91 Å². The van der Waals surface area contributed by atoms with Gasteiger partial charge in [0.1, 0.15) is 0 Å². The van der Waals surface area contributed by atoms with Crippen molar-refractivity contribution in [2.75, 3.05) is 32.7 Å². The minimum absolute atomic E-state index is 0.00968. The molecule has 0 spiro atoms. The van der Waals surface area contributed by atoms with E-state index in [1.807, 2.05) is 4.90 Å². The van der Waals surface area contributed by atoms with Gasteiger partial charge in [0.05, 0.1) is 5.92 Å². The topological polar surface area (TPSA) is 49.6 Å². The molecule has 2 unspecified atom stereocenters. The summed E-state index contributed by atoms with van der Waals surface area (Å²) < 4.78 is 0. The van der Waals surface area contributed by atoms with Crippen molar-refractivity contribution in [2.45, 2.75) is 46.6 Å². The number of carbonyl (C=O) groups is 1. The number of nitrogens with zero attached hydrogens (tertiary/aromatic N) is 2. The summed E-state index contributed by atoms with van der Waals surface area (Å²) in [6.07, 6.45) is 2.01. The minimum Gasteiger partial charge on any atom is -0.341 e. The zero-order valence-electron chi connectivity index (χ0n) is 13.1. The average molecular weight is 269 g/mol. The monoisotopic (exact) mass is 269 g/mol. The van der Waals surface area contributed by atoms with Gasteiger partial charge in [-0.1, -0.05) is 27.7 Å². The van der Waals surface area contributed by atoms with Gasteiger partial charge in [0.25, 0.3) is 0 Å². The molecule has 0 aromatic carbocycles. The lowest BCUT2D eigenvalue weighted by Crippen LogP contribution is -2.42. The highest BCUT2D eigenvalue weighted by molar-refractivity contribution is 5.79. The van der Waals surface area contributed by atoms with Crippen molar-refractivity contribution in [1.82, 2.24) is 9.80 Å². The summed E-state index contributed by atoms with van der Waals surface area (Å²) in [6, 6.07) is 0.538. The Balaban J connectivity index is 2.55. The Kier molecular flexibility index (Phi) is 6.80. The Hall–Kier alpha value is -0.610. The van der Waals surface area contributed by atoms with Gasteiger partial charge in [-0.15, -0.1) is 0 Å². The molecule has 1 rings (SSSR count). The van der Waals surface area contributed by atoms with E-state index in [2.05, 4.69) is 32.6 Å². The zero-order chi connectivity index (χ0) is 14.4. The van der Waals surface area contributed by atoms with E-state index >= 15 is 0 Å². The molecule has 4 heteroatoms. The van der Waals surface area contributed by atoms with Gasteiger partial charge in [0, 0.05) is 25.7 Å². The van der Waals surface area contributed by atoms with Gasteiger partial charge in [0.2, 0.25) is 5.91 Å². The van der Waals surface area contributed by atoms with Crippen LogP contribution >= 0.6 is 0 Å². The van der Waals surface area contributed by atoms with Gasteiger partial charge >= 0.3 is 0 Å². The Labute approximate surface area is 118 Å². The lowest BCUT2D eigenvalue weighted by molar-refractivity contribution is -0.134. The highest BCUT2D eigenvalue weighted by Gasteiger charge is 2.32. The van der Waals surface area contributed by atoms with Crippen LogP contribution in [0.1, 0.15) is 40.5 Å². The Morgan fingerprint density at radius 1 is 1.37 bits per heavy atom. The average Bonchev–Trinajstić information content (AvgIpc) is 2.86. The molecule has 0 aliphatic carbocycles. The van der Waals surface area contributed by atoms with Crippen molar-refractivity contribution < 1.29 is 4.79 Å². The lowest BCUT2D eigenvalue weighted by atomic mass is 9.96. The molecule has 1 amide bonds. The number of amides is 1. The fourth-order valence-electron chi connectivity index (χ4n) is 3.11. The molecular formula is C15H31N3O. The van der Waals surface area contributed by atoms with Gasteiger partial charge in [-0.3, -0.25) is 9.69 Å². The number of hydrogen-bond donors (Lipinski definition) is 1. The van der Waals surface area contributed by atoms with Crippen LogP contribution in [0.15, 0.2) is 0 Å². The number of hydrogen-bond acceptors (Lipinski definition) is 3. The van der Waals surface area contributed by atoms with E-state index in [9.17, 15) is 4.79 Å². The summed E-state index contributed by atoms with van der Waals surface area (Å²) in [7, 11) is 0. The fourth-order valence-corrected chi connectivity index (χ4v) is 3.11. The highest BCUT2D eigenvalue weighted by Crippen LogP contribution is 2.20. The van der Waals surface area contributed by atoms with Gasteiger partial charge in [-0.25, -0.2) is 0 Å². The van der Waals surface area contributed by atoms with Crippen molar-refractivity contribution in [3.8, 4) is 0 Å². The number of rotatable bonds is 7. The van der Waals surface area contributed by atoms with E-state index in [1.54, 1.807) is 0 Å². The van der Waals surface area contributed by atoms with Gasteiger partial charge in [-0.2, -0.15) is 0 Å². The van der Waals surface area contributed by atoms with E-state index in [0.717, 1.165) is 39.0 Å². The van der Waals surface area contributed by atoms with Crippen LogP contribution in [-0.4, -0.2) is 54.5 Å². The number of nitrogens with two attached hydrogens (primary N) is 1. The molecule has 1 fully saturated rings. The maximum Gasteiger partial charge on any atom is 0.227 e. The smallest absolute Gasteiger partial charge is 0.227 e. The molecule has 4 nitrogen and oxygen atoms in total. The van der Waals surface area contributed by atoms with Gasteiger partial charge < -0.3 is 10.6 Å². The molecule has 0 bridgehead atoms. The molecule has 1 saturated heterocycles. The molecule has 1 heterocycles. The molecule has 2 atom stereocenters. The molecule has 2 N–H and O–H groups in total. The van der Waals surface area contributed by atoms with E-state index < -0.39 is 0 Å². The molecule has 1 aliphatic rings. The molecule has 0 aromatic rings. The normalized spacial score (nSPS) is 21.4. The second kappa shape index (κ2) is 7.85. The largest absolute Gasteiger partial charge is 0.341 e. The minimum atomic E-state index is 0.00968. The van der Waals surface area contributed by atoms with E-state index in [4.69, 9.17) is 5.73 Å². The lowest BCUT2D eigenvalue weighted by Gasteiger charge is -2.27. The van der Waals surface area contributed by atoms with Crippen LogP contribution in [0, 0.1) is 11.8 Å². The van der Waals surface area contributed by atoms with Crippen LogP contribution in [0.2, 0.25) is 0 Å². The molecule has 0 radical (unpaired) electrons. The van der Waals surface area contributed by atoms with Crippen LogP contribution < -0.4 is 5.73 Å². The summed E-state index contributed by atoms with van der Waals surface area (Å²) in [5.74, 6) is 0.806. The predicted molar refractivity (Wildman–Crippen MR) is 79.9 cm³/mol. The molecule has 0 saturated carbocycles. The van der Waals surface area contributed by atoms with E-state index in [1.165, 1.54) is 0 Å². The molecule has 0 aromatic heterocycles. The van der Waals surface area contributed by atoms with Gasteiger partial charge in [0.15, 0.2) is 0 Å². The van der Waals surface area contributed by atoms with Crippen molar-refractivity contribution in [2.24, 2.45) is 17.6 Å². The van der Waals surface area contributed by atoms with Crippen LogP contribution in [0.4, 0.5) is 0 Å². The molecule has 112 valence electrons. The summed E-state index contributed by atoms with van der Waals surface area (Å²) in [5, 5.41) is 0. The van der Waals surface area contributed by atoms with Crippen LogP contribution in [0.25, 0.3) is 0 Å².